The number of rotatable bonds is 3. The van der Waals surface area contributed by atoms with Crippen molar-refractivity contribution in [1.29, 1.82) is 0 Å². The van der Waals surface area contributed by atoms with Gasteiger partial charge in [0.05, 0.1) is 0 Å². The number of thioether (sulfide) groups is 1. The van der Waals surface area contributed by atoms with Gasteiger partial charge >= 0.3 is 0 Å². The fraction of sp³-hybridized carbons (Fsp3) is 0.250. The first-order valence-corrected chi connectivity index (χ1v) is 4.31. The Balaban J connectivity index is 0.000001000. The largest absolute Gasteiger partial charge is 0.565 e. The number of nitrogen functional groups attached to an aromatic ring is 1. The molecular formula is C4H6CeN3OS2-. The summed E-state index contributed by atoms with van der Waals surface area (Å²) in [6.07, 6.45) is 0. The maximum absolute atomic E-state index is 8.31. The fourth-order valence-electron chi connectivity index (χ4n) is 0.387. The summed E-state index contributed by atoms with van der Waals surface area (Å²) in [6.45, 7) is 1.07. The second kappa shape index (κ2) is 6.55. The van der Waals surface area contributed by atoms with Gasteiger partial charge < -0.3 is 10.8 Å². The number of anilines is 1. The zero-order valence-electron chi connectivity index (χ0n) is 5.52. The predicted octanol–water partition coefficient (Wildman–Crippen LogP) is 0.747. The van der Waals surface area contributed by atoms with E-state index in [-0.39, 0.29) is 41.7 Å². The molecule has 0 aromatic carbocycles. The van der Waals surface area contributed by atoms with Gasteiger partial charge in [0.15, 0.2) is 4.34 Å². The summed E-state index contributed by atoms with van der Waals surface area (Å²) in [5.74, 6) is 0.522. The third-order valence-electron chi connectivity index (χ3n) is 0.703. The molecule has 1 aromatic rings. The molecule has 0 bridgehead atoms. The van der Waals surface area contributed by atoms with Crippen molar-refractivity contribution in [2.75, 3.05) is 11.5 Å². The summed E-state index contributed by atoms with van der Waals surface area (Å²) in [6, 6.07) is 0. The van der Waals surface area contributed by atoms with Gasteiger partial charge in [-0.3, -0.25) is 0 Å². The average molecular weight is 316 g/mol. The molecule has 1 rings (SSSR count). The van der Waals surface area contributed by atoms with E-state index < -0.39 is 0 Å². The second-order valence-electron chi connectivity index (χ2n) is 1.40. The van der Waals surface area contributed by atoms with Crippen molar-refractivity contribution in [3.63, 3.8) is 0 Å². The molecule has 0 aliphatic rings. The first kappa shape index (κ1) is 12.0. The molecule has 1 heterocycles. The van der Waals surface area contributed by atoms with Crippen molar-refractivity contribution in [1.82, 2.24) is 10.2 Å². The smallest absolute Gasteiger partial charge is 0.203 e. The van der Waals surface area contributed by atoms with Gasteiger partial charge in [0, 0.05) is 41.7 Å². The van der Waals surface area contributed by atoms with Crippen LogP contribution in [0, 0.1) is 48.4 Å². The van der Waals surface area contributed by atoms with Crippen LogP contribution >= 0.6 is 23.1 Å². The van der Waals surface area contributed by atoms with E-state index in [0.717, 1.165) is 10.9 Å². The molecular weight excluding hydrogens is 310 g/mol. The van der Waals surface area contributed by atoms with E-state index in [2.05, 4.69) is 10.2 Å². The van der Waals surface area contributed by atoms with Crippen LogP contribution in [-0.2, 0) is 0 Å². The zero-order chi connectivity index (χ0) is 7.40. The maximum Gasteiger partial charge on any atom is 0.203 e. The molecule has 1 aromatic heterocycles. The number of nitrogens with zero attached hydrogens (tertiary/aromatic N) is 2. The van der Waals surface area contributed by atoms with Gasteiger partial charge in [-0.1, -0.05) is 11.3 Å². The van der Waals surface area contributed by atoms with E-state index in [1.165, 1.54) is 23.1 Å². The van der Waals surface area contributed by atoms with Gasteiger partial charge in [0.25, 0.3) is 0 Å². The quantitative estimate of drug-likeness (QED) is 0.636. The average Bonchev–Trinajstić information content (AvgIpc) is 2.31. The Hall–Kier alpha value is 1.05. The maximum atomic E-state index is 8.31. The van der Waals surface area contributed by atoms with Crippen LogP contribution < -0.4 is 5.73 Å². The number of nitrogens with two attached hydrogens (primary N) is 1. The summed E-state index contributed by atoms with van der Waals surface area (Å²) < 4.78 is 0.780. The van der Waals surface area contributed by atoms with Crippen molar-refractivity contribution in [2.45, 2.75) is 4.34 Å². The molecule has 0 atom stereocenters. The first-order valence-electron chi connectivity index (χ1n) is 2.50. The normalized spacial score (nSPS) is 9.18. The summed E-state index contributed by atoms with van der Waals surface area (Å²) in [5, 5.41) is 16.1. The predicted molar refractivity (Wildman–Crippen MR) is 41.3 cm³/mol. The summed E-state index contributed by atoms with van der Waals surface area (Å²) in [5.41, 5.74) is 5.31. The fourth-order valence-corrected chi connectivity index (χ4v) is 1.74. The zero-order valence-corrected chi connectivity index (χ0v) is 10.3. The third-order valence-corrected chi connectivity index (χ3v) is 2.50. The Morgan fingerprint density at radius 2 is 2.36 bits per heavy atom. The Morgan fingerprint density at radius 3 is 2.82 bits per heavy atom. The van der Waals surface area contributed by atoms with Gasteiger partial charge in [-0.05, 0) is 0 Å². The summed E-state index contributed by atoms with van der Waals surface area (Å²) in [4.78, 5) is 0. The molecule has 0 fully saturated rings. The Bertz CT molecular complexity index is 207. The molecule has 0 unspecified atom stereocenters. The summed E-state index contributed by atoms with van der Waals surface area (Å²) in [7, 11) is 0. The number of aliphatic hydroxyl groups is 1. The van der Waals surface area contributed by atoms with E-state index in [1.807, 2.05) is 0 Å². The number of hydrogen-bond donors (Lipinski definition) is 2. The Kier molecular flexibility index (Phi) is 7.17. The standard InChI is InChI=1S/C4H6N3OS2.Ce/c5-3-6-7-4(10-3)9-2-1-8;/h1,8H,2H2,(H2,5,6);/q-1;. The van der Waals surface area contributed by atoms with Crippen LogP contribution in [0.2, 0.25) is 0 Å². The molecule has 4 nitrogen and oxygen atoms in total. The van der Waals surface area contributed by atoms with Crippen molar-refractivity contribution in [3.8, 4) is 0 Å². The number of aliphatic hydroxyl groups excluding tert-OH is 1. The number of aromatic nitrogens is 2. The van der Waals surface area contributed by atoms with E-state index in [1.54, 1.807) is 0 Å². The van der Waals surface area contributed by atoms with Crippen molar-refractivity contribution >= 4 is 28.2 Å². The van der Waals surface area contributed by atoms with Gasteiger partial charge in [0.2, 0.25) is 5.13 Å². The van der Waals surface area contributed by atoms with Gasteiger partial charge in [0.1, 0.15) is 0 Å². The van der Waals surface area contributed by atoms with E-state index >= 15 is 0 Å². The van der Waals surface area contributed by atoms with Crippen LogP contribution in [0.15, 0.2) is 4.34 Å². The second-order valence-corrected chi connectivity index (χ2v) is 3.68. The Labute approximate surface area is 106 Å². The van der Waals surface area contributed by atoms with Crippen LogP contribution in [0.25, 0.3) is 0 Å². The molecule has 0 aliphatic heterocycles. The molecule has 60 valence electrons. The number of hydrogen-bond acceptors (Lipinski definition) is 6. The van der Waals surface area contributed by atoms with Crippen molar-refractivity contribution < 1.29 is 46.9 Å². The van der Waals surface area contributed by atoms with Crippen LogP contribution in [0.1, 0.15) is 0 Å². The minimum atomic E-state index is 0. The van der Waals surface area contributed by atoms with E-state index in [4.69, 9.17) is 10.8 Å². The molecule has 11 heavy (non-hydrogen) atoms. The molecule has 0 spiro atoms. The summed E-state index contributed by atoms with van der Waals surface area (Å²) >= 11 is 2.72. The molecule has 0 saturated carbocycles. The minimum Gasteiger partial charge on any atom is -0.565 e. The van der Waals surface area contributed by atoms with Crippen LogP contribution in [0.5, 0.6) is 0 Å². The van der Waals surface area contributed by atoms with Crippen LogP contribution in [0.3, 0.4) is 0 Å². The molecule has 0 saturated heterocycles. The van der Waals surface area contributed by atoms with Crippen molar-refractivity contribution in [3.05, 3.63) is 6.61 Å². The minimum absolute atomic E-state index is 0. The van der Waals surface area contributed by atoms with E-state index in [9.17, 15) is 0 Å². The Morgan fingerprint density at radius 1 is 1.64 bits per heavy atom. The molecule has 0 amide bonds. The van der Waals surface area contributed by atoms with Crippen molar-refractivity contribution in [2.24, 2.45) is 0 Å². The van der Waals surface area contributed by atoms with Gasteiger partial charge in [-0.2, -0.15) is 0 Å². The van der Waals surface area contributed by atoms with Gasteiger partial charge in [-0.15, -0.1) is 27.7 Å². The topological polar surface area (TPSA) is 72.0 Å². The van der Waals surface area contributed by atoms with E-state index in [0.29, 0.717) is 10.9 Å². The molecule has 0 aliphatic carbocycles. The first-order chi connectivity index (χ1) is 4.83. The molecule has 0 radical (unpaired) electrons. The molecule has 7 heteroatoms. The third kappa shape index (κ3) is 4.58. The van der Waals surface area contributed by atoms with Crippen LogP contribution in [-0.4, -0.2) is 21.1 Å². The monoisotopic (exact) mass is 316 g/mol. The molecule has 3 N–H and O–H groups in total. The van der Waals surface area contributed by atoms with Gasteiger partial charge in [-0.25, -0.2) is 6.61 Å². The van der Waals surface area contributed by atoms with Crippen LogP contribution in [0.4, 0.5) is 5.13 Å². The SMILES string of the molecule is Nc1nnc(SC[CH-]O)s1.[Ce].